The summed E-state index contributed by atoms with van der Waals surface area (Å²) in [6, 6.07) is 9.28. The van der Waals surface area contributed by atoms with Gasteiger partial charge in [0.05, 0.1) is 0 Å². The third-order valence-electron chi connectivity index (χ3n) is 2.44. The van der Waals surface area contributed by atoms with Gasteiger partial charge in [-0.1, -0.05) is 12.1 Å². The number of aliphatic hydroxyl groups excluding tert-OH is 1. The highest BCUT2D eigenvalue weighted by molar-refractivity contribution is 5.38. The molecular formula is C13H15N3O2. The standard InChI is InChI=1S/C13H15N3O2/c1-14-12-8-13(16-9-15-12)18-11-4-2-10(3-5-11)6-7-17/h2-5,8-9,17H,6-7H2,1H3,(H,14,15,16). The number of ether oxygens (including phenoxy) is 1. The van der Waals surface area contributed by atoms with Gasteiger partial charge in [-0.15, -0.1) is 0 Å². The van der Waals surface area contributed by atoms with E-state index in [1.807, 2.05) is 24.3 Å². The number of nitrogens with one attached hydrogen (secondary N) is 1. The van der Waals surface area contributed by atoms with E-state index in [2.05, 4.69) is 15.3 Å². The molecule has 0 spiro atoms. The topological polar surface area (TPSA) is 67.3 Å². The second-order valence-electron chi connectivity index (χ2n) is 3.71. The molecule has 0 aliphatic carbocycles. The Morgan fingerprint density at radius 3 is 2.67 bits per heavy atom. The first-order valence-electron chi connectivity index (χ1n) is 5.69. The third kappa shape index (κ3) is 3.18. The van der Waals surface area contributed by atoms with Crippen LogP contribution in [0.25, 0.3) is 0 Å². The van der Waals surface area contributed by atoms with Crippen molar-refractivity contribution < 1.29 is 9.84 Å². The molecule has 0 radical (unpaired) electrons. The average molecular weight is 245 g/mol. The minimum Gasteiger partial charge on any atom is -0.439 e. The third-order valence-corrected chi connectivity index (χ3v) is 2.44. The lowest BCUT2D eigenvalue weighted by Crippen LogP contribution is -1.95. The van der Waals surface area contributed by atoms with Gasteiger partial charge in [0, 0.05) is 19.7 Å². The first-order valence-corrected chi connectivity index (χ1v) is 5.69. The zero-order valence-corrected chi connectivity index (χ0v) is 10.1. The van der Waals surface area contributed by atoms with Crippen LogP contribution in [0.1, 0.15) is 5.56 Å². The molecule has 0 aliphatic heterocycles. The fourth-order valence-electron chi connectivity index (χ4n) is 1.51. The Kier molecular flexibility index (Phi) is 4.09. The van der Waals surface area contributed by atoms with E-state index in [4.69, 9.17) is 9.84 Å². The lowest BCUT2D eigenvalue weighted by atomic mass is 10.1. The Balaban J connectivity index is 2.08. The van der Waals surface area contributed by atoms with E-state index in [0.29, 0.717) is 23.9 Å². The van der Waals surface area contributed by atoms with Crippen LogP contribution in [0.2, 0.25) is 0 Å². The molecule has 18 heavy (non-hydrogen) atoms. The zero-order chi connectivity index (χ0) is 12.8. The van der Waals surface area contributed by atoms with Gasteiger partial charge < -0.3 is 15.2 Å². The second kappa shape index (κ2) is 5.97. The van der Waals surface area contributed by atoms with Gasteiger partial charge in [0.15, 0.2) is 0 Å². The number of benzene rings is 1. The average Bonchev–Trinajstić information content (AvgIpc) is 2.42. The number of hydrogen-bond donors (Lipinski definition) is 2. The van der Waals surface area contributed by atoms with Crippen LogP contribution in [0.15, 0.2) is 36.7 Å². The number of rotatable bonds is 5. The summed E-state index contributed by atoms with van der Waals surface area (Å²) >= 11 is 0. The molecule has 1 heterocycles. The van der Waals surface area contributed by atoms with E-state index in [9.17, 15) is 0 Å². The molecule has 0 atom stereocenters. The van der Waals surface area contributed by atoms with Crippen molar-refractivity contribution in [3.63, 3.8) is 0 Å². The largest absolute Gasteiger partial charge is 0.439 e. The van der Waals surface area contributed by atoms with Crippen LogP contribution in [0.4, 0.5) is 5.82 Å². The van der Waals surface area contributed by atoms with Crippen molar-refractivity contribution in [1.29, 1.82) is 0 Å². The molecular weight excluding hydrogens is 230 g/mol. The fraction of sp³-hybridized carbons (Fsp3) is 0.231. The van der Waals surface area contributed by atoms with Gasteiger partial charge in [0.25, 0.3) is 0 Å². The summed E-state index contributed by atoms with van der Waals surface area (Å²) in [7, 11) is 1.79. The predicted octanol–water partition coefficient (Wildman–Crippen LogP) is 1.85. The Morgan fingerprint density at radius 1 is 1.22 bits per heavy atom. The highest BCUT2D eigenvalue weighted by atomic mass is 16.5. The van der Waals surface area contributed by atoms with Crippen LogP contribution >= 0.6 is 0 Å². The van der Waals surface area contributed by atoms with E-state index in [0.717, 1.165) is 5.56 Å². The van der Waals surface area contributed by atoms with Gasteiger partial charge in [0.1, 0.15) is 17.9 Å². The van der Waals surface area contributed by atoms with Crippen LogP contribution in [0.3, 0.4) is 0 Å². The lowest BCUT2D eigenvalue weighted by molar-refractivity contribution is 0.299. The van der Waals surface area contributed by atoms with Crippen molar-refractivity contribution in [2.24, 2.45) is 0 Å². The number of nitrogens with zero attached hydrogens (tertiary/aromatic N) is 2. The number of aliphatic hydroxyl groups is 1. The predicted molar refractivity (Wildman–Crippen MR) is 68.9 cm³/mol. The quantitative estimate of drug-likeness (QED) is 0.841. The molecule has 0 aliphatic rings. The van der Waals surface area contributed by atoms with E-state index < -0.39 is 0 Å². The molecule has 1 aromatic heterocycles. The smallest absolute Gasteiger partial charge is 0.224 e. The molecule has 5 heteroatoms. The van der Waals surface area contributed by atoms with Gasteiger partial charge in [0.2, 0.25) is 5.88 Å². The van der Waals surface area contributed by atoms with Gasteiger partial charge in [-0.2, -0.15) is 0 Å². The molecule has 1 aromatic carbocycles. The Bertz CT molecular complexity index is 500. The second-order valence-corrected chi connectivity index (χ2v) is 3.71. The monoisotopic (exact) mass is 245 g/mol. The van der Waals surface area contributed by atoms with E-state index >= 15 is 0 Å². The number of hydrogen-bond acceptors (Lipinski definition) is 5. The number of aromatic nitrogens is 2. The number of anilines is 1. The van der Waals surface area contributed by atoms with Crippen LogP contribution in [-0.4, -0.2) is 28.7 Å². The van der Waals surface area contributed by atoms with Crippen molar-refractivity contribution in [2.45, 2.75) is 6.42 Å². The molecule has 2 N–H and O–H groups in total. The Hall–Kier alpha value is -2.14. The summed E-state index contributed by atoms with van der Waals surface area (Å²) < 4.78 is 5.60. The lowest BCUT2D eigenvalue weighted by Gasteiger charge is -2.06. The van der Waals surface area contributed by atoms with Crippen LogP contribution < -0.4 is 10.1 Å². The summed E-state index contributed by atoms with van der Waals surface area (Å²) in [5.74, 6) is 1.90. The summed E-state index contributed by atoms with van der Waals surface area (Å²) in [4.78, 5) is 8.04. The molecule has 0 saturated heterocycles. The molecule has 0 amide bonds. The molecule has 2 aromatic rings. The summed E-state index contributed by atoms with van der Waals surface area (Å²) in [6.45, 7) is 0.150. The summed E-state index contributed by atoms with van der Waals surface area (Å²) in [5, 5.41) is 11.7. The van der Waals surface area contributed by atoms with Crippen molar-refractivity contribution in [3.05, 3.63) is 42.2 Å². The summed E-state index contributed by atoms with van der Waals surface area (Å²) in [6.07, 6.45) is 2.10. The molecule has 5 nitrogen and oxygen atoms in total. The minimum absolute atomic E-state index is 0.150. The highest BCUT2D eigenvalue weighted by Crippen LogP contribution is 2.20. The minimum atomic E-state index is 0.150. The van der Waals surface area contributed by atoms with E-state index in [1.165, 1.54) is 6.33 Å². The molecule has 94 valence electrons. The van der Waals surface area contributed by atoms with Crippen molar-refractivity contribution in [3.8, 4) is 11.6 Å². The molecule has 0 saturated carbocycles. The molecule has 2 rings (SSSR count). The maximum atomic E-state index is 8.83. The van der Waals surface area contributed by atoms with Crippen LogP contribution in [-0.2, 0) is 6.42 Å². The Morgan fingerprint density at radius 2 is 2.00 bits per heavy atom. The van der Waals surface area contributed by atoms with Gasteiger partial charge in [-0.05, 0) is 24.1 Å². The van der Waals surface area contributed by atoms with Crippen molar-refractivity contribution in [2.75, 3.05) is 19.0 Å². The van der Waals surface area contributed by atoms with Crippen molar-refractivity contribution in [1.82, 2.24) is 9.97 Å². The maximum absolute atomic E-state index is 8.83. The van der Waals surface area contributed by atoms with Gasteiger partial charge in [-0.3, -0.25) is 0 Å². The maximum Gasteiger partial charge on any atom is 0.224 e. The fourth-order valence-corrected chi connectivity index (χ4v) is 1.51. The normalized spacial score (nSPS) is 10.1. The van der Waals surface area contributed by atoms with Crippen molar-refractivity contribution >= 4 is 5.82 Å². The Labute approximate surface area is 105 Å². The van der Waals surface area contributed by atoms with E-state index in [-0.39, 0.29) is 6.61 Å². The van der Waals surface area contributed by atoms with Crippen LogP contribution in [0.5, 0.6) is 11.6 Å². The van der Waals surface area contributed by atoms with Gasteiger partial charge in [-0.25, -0.2) is 9.97 Å². The van der Waals surface area contributed by atoms with Crippen LogP contribution in [0, 0.1) is 0 Å². The molecule has 0 unspecified atom stereocenters. The van der Waals surface area contributed by atoms with Gasteiger partial charge >= 0.3 is 0 Å². The first-order chi connectivity index (χ1) is 8.81. The van der Waals surface area contributed by atoms with E-state index in [1.54, 1.807) is 13.1 Å². The summed E-state index contributed by atoms with van der Waals surface area (Å²) in [5.41, 5.74) is 1.07. The molecule has 0 bridgehead atoms. The first kappa shape index (κ1) is 12.3. The highest BCUT2D eigenvalue weighted by Gasteiger charge is 2.01. The SMILES string of the molecule is CNc1cc(Oc2ccc(CCO)cc2)ncn1. The zero-order valence-electron chi connectivity index (χ0n) is 10.1. The molecule has 0 fully saturated rings.